The number of aliphatic carboxylic acids is 1. The van der Waals surface area contributed by atoms with Crippen LogP contribution in [0.25, 0.3) is 0 Å². The van der Waals surface area contributed by atoms with Gasteiger partial charge in [-0.25, -0.2) is 4.79 Å². The average Bonchev–Trinajstić information content (AvgIpc) is 1.86. The predicted molar refractivity (Wildman–Crippen MR) is 45.1 cm³/mol. The lowest BCUT2D eigenvalue weighted by Crippen LogP contribution is -2.14. The molecule has 0 atom stereocenters. The molecule has 0 bridgehead atoms. The summed E-state index contributed by atoms with van der Waals surface area (Å²) < 4.78 is 0. The summed E-state index contributed by atoms with van der Waals surface area (Å²) in [4.78, 5) is 14.5. The molecule has 0 fully saturated rings. The second kappa shape index (κ2) is 4.88. The first-order valence-electron chi connectivity index (χ1n) is 3.87. The smallest absolute Gasteiger partial charge is 0.349 e. The van der Waals surface area contributed by atoms with Crippen LogP contribution in [0.3, 0.4) is 0 Å². The maximum Gasteiger partial charge on any atom is 0.349 e. The number of carboxylic acids is 1. The lowest BCUT2D eigenvalue weighted by molar-refractivity contribution is -0.129. The van der Waals surface area contributed by atoms with E-state index in [2.05, 4.69) is 4.99 Å². The van der Waals surface area contributed by atoms with Crippen LogP contribution in [-0.4, -0.2) is 22.8 Å². The molecule has 1 N–H and O–H groups in total. The third kappa shape index (κ3) is 4.53. The molecular weight excluding hydrogens is 142 g/mol. The summed E-state index contributed by atoms with van der Waals surface area (Å²) in [5.74, 6) is -0.888. The second-order valence-electron chi connectivity index (χ2n) is 2.72. The number of hydrogen-bond donors (Lipinski definition) is 1. The van der Waals surface area contributed by atoms with Crippen LogP contribution < -0.4 is 0 Å². The van der Waals surface area contributed by atoms with E-state index in [4.69, 9.17) is 5.11 Å². The van der Waals surface area contributed by atoms with Crippen LogP contribution in [0.4, 0.5) is 0 Å². The molecule has 0 unspecified atom stereocenters. The first-order chi connectivity index (χ1) is 5.07. The maximum absolute atomic E-state index is 10.5. The van der Waals surface area contributed by atoms with Gasteiger partial charge in [-0.1, -0.05) is 13.3 Å². The molecule has 0 aromatic rings. The number of carboxylic acid groups (broad SMARTS) is 1. The largest absolute Gasteiger partial charge is 0.477 e. The molecule has 0 aliphatic rings. The highest BCUT2D eigenvalue weighted by molar-refractivity contribution is 6.35. The van der Waals surface area contributed by atoms with Crippen LogP contribution in [0.1, 0.15) is 33.6 Å². The highest BCUT2D eigenvalue weighted by Gasteiger charge is 2.07. The minimum atomic E-state index is -0.888. The molecule has 0 aromatic carbocycles. The highest BCUT2D eigenvalue weighted by atomic mass is 16.4. The normalized spacial score (nSPS) is 12.2. The zero-order valence-corrected chi connectivity index (χ0v) is 7.29. The summed E-state index contributed by atoms with van der Waals surface area (Å²) in [6, 6.07) is 0.0765. The number of rotatable bonds is 4. The van der Waals surface area contributed by atoms with Gasteiger partial charge in [-0.2, -0.15) is 0 Å². The van der Waals surface area contributed by atoms with E-state index in [1.165, 1.54) is 0 Å². The number of aliphatic imine (C=N–C) groups is 1. The molecular formula is C8H15NO2. The number of nitrogens with zero attached hydrogens (tertiary/aromatic N) is 1. The minimum absolute atomic E-state index is 0.0765. The predicted octanol–water partition coefficient (Wildman–Crippen LogP) is 1.72. The van der Waals surface area contributed by atoms with E-state index in [1.807, 2.05) is 20.8 Å². The fourth-order valence-electron chi connectivity index (χ4n) is 0.775. The van der Waals surface area contributed by atoms with Gasteiger partial charge in [-0.05, 0) is 20.3 Å². The quantitative estimate of drug-likeness (QED) is 0.632. The van der Waals surface area contributed by atoms with Crippen molar-refractivity contribution in [1.82, 2.24) is 0 Å². The van der Waals surface area contributed by atoms with Gasteiger partial charge < -0.3 is 5.11 Å². The van der Waals surface area contributed by atoms with Gasteiger partial charge in [0.25, 0.3) is 0 Å². The molecule has 0 rings (SSSR count). The van der Waals surface area contributed by atoms with Gasteiger partial charge in [-0.15, -0.1) is 0 Å². The third-order valence-corrected chi connectivity index (χ3v) is 1.15. The van der Waals surface area contributed by atoms with Crippen molar-refractivity contribution in [3.63, 3.8) is 0 Å². The Morgan fingerprint density at radius 3 is 2.36 bits per heavy atom. The molecule has 64 valence electrons. The van der Waals surface area contributed by atoms with Gasteiger partial charge in [0, 0.05) is 6.04 Å². The van der Waals surface area contributed by atoms with Crippen LogP contribution in [0.15, 0.2) is 4.99 Å². The number of hydrogen-bond acceptors (Lipinski definition) is 2. The van der Waals surface area contributed by atoms with Gasteiger partial charge in [0.05, 0.1) is 0 Å². The molecule has 0 aliphatic carbocycles. The summed E-state index contributed by atoms with van der Waals surface area (Å²) in [6.07, 6.45) is 1.39. The Hall–Kier alpha value is -0.860. The Labute approximate surface area is 67.1 Å². The van der Waals surface area contributed by atoms with Crippen LogP contribution in [0.2, 0.25) is 0 Å². The number of carbonyl (C=O) groups is 1. The van der Waals surface area contributed by atoms with Gasteiger partial charge in [-0.3, -0.25) is 4.99 Å². The van der Waals surface area contributed by atoms with E-state index >= 15 is 0 Å². The zero-order chi connectivity index (χ0) is 8.85. The molecule has 3 heteroatoms. The van der Waals surface area contributed by atoms with Crippen molar-refractivity contribution >= 4 is 11.7 Å². The molecule has 0 heterocycles. The van der Waals surface area contributed by atoms with Crippen molar-refractivity contribution in [1.29, 1.82) is 0 Å². The van der Waals surface area contributed by atoms with E-state index in [9.17, 15) is 4.79 Å². The Kier molecular flexibility index (Phi) is 4.50. The minimum Gasteiger partial charge on any atom is -0.477 e. The van der Waals surface area contributed by atoms with E-state index < -0.39 is 5.97 Å². The lowest BCUT2D eigenvalue weighted by Gasteiger charge is -2.01. The van der Waals surface area contributed by atoms with Crippen molar-refractivity contribution in [2.45, 2.75) is 39.7 Å². The third-order valence-electron chi connectivity index (χ3n) is 1.15. The Bertz CT molecular complexity index is 161. The van der Waals surface area contributed by atoms with E-state index in [0.29, 0.717) is 12.1 Å². The van der Waals surface area contributed by atoms with Gasteiger partial charge in [0.2, 0.25) is 0 Å². The molecule has 0 amide bonds. The van der Waals surface area contributed by atoms with Crippen molar-refractivity contribution in [2.24, 2.45) is 4.99 Å². The van der Waals surface area contributed by atoms with Crippen molar-refractivity contribution in [3.05, 3.63) is 0 Å². The topological polar surface area (TPSA) is 49.7 Å². The zero-order valence-electron chi connectivity index (χ0n) is 7.29. The van der Waals surface area contributed by atoms with Crippen molar-refractivity contribution in [3.8, 4) is 0 Å². The van der Waals surface area contributed by atoms with Crippen LogP contribution in [0, 0.1) is 0 Å². The van der Waals surface area contributed by atoms with Crippen LogP contribution in [-0.2, 0) is 4.79 Å². The van der Waals surface area contributed by atoms with Crippen LogP contribution >= 0.6 is 0 Å². The Balaban J connectivity index is 4.20. The van der Waals surface area contributed by atoms with Crippen molar-refractivity contribution in [2.75, 3.05) is 0 Å². The molecule has 0 spiro atoms. The maximum atomic E-state index is 10.5. The Morgan fingerprint density at radius 2 is 2.09 bits per heavy atom. The molecule has 0 aliphatic heterocycles. The van der Waals surface area contributed by atoms with E-state index in [-0.39, 0.29) is 6.04 Å². The van der Waals surface area contributed by atoms with Gasteiger partial charge in [0.15, 0.2) is 0 Å². The highest BCUT2D eigenvalue weighted by Crippen LogP contribution is 1.96. The summed E-state index contributed by atoms with van der Waals surface area (Å²) in [5.41, 5.74) is 0.294. The summed E-state index contributed by atoms with van der Waals surface area (Å²) >= 11 is 0. The SMILES string of the molecule is CCCC(=NC(C)C)C(=O)O. The molecule has 0 aromatic heterocycles. The van der Waals surface area contributed by atoms with Crippen molar-refractivity contribution < 1.29 is 9.90 Å². The standard InChI is InChI=1S/C8H15NO2/c1-4-5-7(8(10)11)9-6(2)3/h6H,4-5H2,1-3H3,(H,10,11). The second-order valence-corrected chi connectivity index (χ2v) is 2.72. The van der Waals surface area contributed by atoms with Gasteiger partial charge >= 0.3 is 5.97 Å². The summed E-state index contributed by atoms with van der Waals surface area (Å²) in [7, 11) is 0. The van der Waals surface area contributed by atoms with E-state index in [1.54, 1.807) is 0 Å². The molecule has 0 radical (unpaired) electrons. The fourth-order valence-corrected chi connectivity index (χ4v) is 0.775. The molecule has 11 heavy (non-hydrogen) atoms. The van der Waals surface area contributed by atoms with Crippen LogP contribution in [0.5, 0.6) is 0 Å². The molecule has 0 saturated heterocycles. The monoisotopic (exact) mass is 157 g/mol. The fraction of sp³-hybridized carbons (Fsp3) is 0.750. The first-order valence-corrected chi connectivity index (χ1v) is 3.87. The van der Waals surface area contributed by atoms with Gasteiger partial charge in [0.1, 0.15) is 5.71 Å². The lowest BCUT2D eigenvalue weighted by atomic mass is 10.2. The summed E-state index contributed by atoms with van der Waals surface area (Å²) in [5, 5.41) is 8.62. The average molecular weight is 157 g/mol. The summed E-state index contributed by atoms with van der Waals surface area (Å²) in [6.45, 7) is 5.69. The Morgan fingerprint density at radius 1 is 1.55 bits per heavy atom. The molecule has 3 nitrogen and oxygen atoms in total. The van der Waals surface area contributed by atoms with E-state index in [0.717, 1.165) is 6.42 Å². The first kappa shape index (κ1) is 10.1. The molecule has 0 saturated carbocycles.